The molecule has 0 amide bonds. The van der Waals surface area contributed by atoms with Gasteiger partial charge in [0.15, 0.2) is 5.17 Å². The first-order valence-electron chi connectivity index (χ1n) is 3.49. The fraction of sp³-hybridized carbons (Fsp3) is 0.143. The fourth-order valence-electron chi connectivity index (χ4n) is 0.677. The van der Waals surface area contributed by atoms with Crippen LogP contribution in [0.2, 0.25) is 0 Å². The third kappa shape index (κ3) is 3.65. The van der Waals surface area contributed by atoms with Gasteiger partial charge in [-0.05, 0) is 28.1 Å². The Morgan fingerprint density at radius 3 is 2.92 bits per heavy atom. The Morgan fingerprint density at radius 2 is 2.38 bits per heavy atom. The van der Waals surface area contributed by atoms with Crippen LogP contribution >= 0.6 is 27.7 Å². The fourth-order valence-corrected chi connectivity index (χ4v) is 1.45. The van der Waals surface area contributed by atoms with Crippen molar-refractivity contribution in [3.63, 3.8) is 0 Å². The molecule has 0 aliphatic carbocycles. The average molecular weight is 261 g/mol. The van der Waals surface area contributed by atoms with Gasteiger partial charge in [0.2, 0.25) is 0 Å². The number of amidine groups is 1. The summed E-state index contributed by atoms with van der Waals surface area (Å²) in [6.45, 7) is 0. The highest BCUT2D eigenvalue weighted by atomic mass is 79.9. The molecule has 0 aliphatic rings. The topological polar surface area (TPSA) is 77.3 Å². The Morgan fingerprint density at radius 1 is 1.62 bits per heavy atom. The Balaban J connectivity index is 2.51. The molecule has 0 unspecified atom stereocenters. The minimum Gasteiger partial charge on any atom is -0.377 e. The number of hydrogen-bond donors (Lipinski definition) is 2. The molecule has 6 heteroatoms. The highest BCUT2D eigenvalue weighted by Crippen LogP contribution is 2.12. The molecule has 0 aromatic carbocycles. The second-order valence-corrected chi connectivity index (χ2v) is 4.14. The number of nitrogens with two attached hydrogens (primary N) is 2. The van der Waals surface area contributed by atoms with Crippen LogP contribution in [-0.2, 0) is 5.75 Å². The maximum atomic E-state index is 5.40. The molecule has 0 atom stereocenters. The van der Waals surface area contributed by atoms with E-state index in [9.17, 15) is 0 Å². The van der Waals surface area contributed by atoms with Crippen LogP contribution < -0.4 is 11.6 Å². The van der Waals surface area contributed by atoms with Crippen molar-refractivity contribution < 1.29 is 0 Å². The standard InChI is InChI=1S/C7H9BrN4S/c8-5-1-2-6(11-3-5)4-13-7(9)12-10/h1-3H,4,10H2,(H2,9,12). The van der Waals surface area contributed by atoms with E-state index >= 15 is 0 Å². The van der Waals surface area contributed by atoms with Gasteiger partial charge in [-0.15, -0.1) is 0 Å². The number of thioether (sulfide) groups is 1. The molecular weight excluding hydrogens is 252 g/mol. The lowest BCUT2D eigenvalue weighted by molar-refractivity contribution is 1.17. The van der Waals surface area contributed by atoms with Gasteiger partial charge < -0.3 is 11.6 Å². The number of rotatable bonds is 2. The number of hydrogen-bond acceptors (Lipinski definition) is 4. The quantitative estimate of drug-likeness (QED) is 0.363. The normalized spacial score (nSPS) is 11.6. The van der Waals surface area contributed by atoms with Gasteiger partial charge >= 0.3 is 0 Å². The molecule has 1 aromatic rings. The molecule has 1 rings (SSSR count). The van der Waals surface area contributed by atoms with E-state index in [-0.39, 0.29) is 0 Å². The molecule has 0 aliphatic heterocycles. The zero-order valence-electron chi connectivity index (χ0n) is 6.77. The number of hydrazone groups is 1. The van der Waals surface area contributed by atoms with Crippen molar-refractivity contribution >= 4 is 32.9 Å². The van der Waals surface area contributed by atoms with Crippen LogP contribution in [0.3, 0.4) is 0 Å². The highest BCUT2D eigenvalue weighted by molar-refractivity contribution is 9.10. The van der Waals surface area contributed by atoms with Gasteiger partial charge in [-0.25, -0.2) is 0 Å². The van der Waals surface area contributed by atoms with Crippen LogP contribution in [0.5, 0.6) is 0 Å². The van der Waals surface area contributed by atoms with E-state index in [2.05, 4.69) is 26.0 Å². The van der Waals surface area contributed by atoms with E-state index in [1.807, 2.05) is 12.1 Å². The number of nitrogens with zero attached hydrogens (tertiary/aromatic N) is 2. The molecule has 13 heavy (non-hydrogen) atoms. The second-order valence-electron chi connectivity index (χ2n) is 2.22. The van der Waals surface area contributed by atoms with Gasteiger partial charge in [0.05, 0.1) is 5.69 Å². The lowest BCUT2D eigenvalue weighted by Gasteiger charge is -1.99. The van der Waals surface area contributed by atoms with Gasteiger partial charge in [0, 0.05) is 16.4 Å². The van der Waals surface area contributed by atoms with Crippen LogP contribution in [0, 0.1) is 0 Å². The van der Waals surface area contributed by atoms with Crippen molar-refractivity contribution in [1.29, 1.82) is 0 Å². The van der Waals surface area contributed by atoms with Crippen molar-refractivity contribution in [2.75, 3.05) is 0 Å². The van der Waals surface area contributed by atoms with Crippen molar-refractivity contribution in [2.24, 2.45) is 16.7 Å². The Hall–Kier alpha value is -0.750. The third-order valence-electron chi connectivity index (χ3n) is 1.28. The van der Waals surface area contributed by atoms with E-state index in [1.165, 1.54) is 11.8 Å². The van der Waals surface area contributed by atoms with E-state index in [1.54, 1.807) is 6.20 Å². The van der Waals surface area contributed by atoms with Crippen LogP contribution in [0.1, 0.15) is 5.69 Å². The highest BCUT2D eigenvalue weighted by Gasteiger charge is 1.97. The summed E-state index contributed by atoms with van der Waals surface area (Å²) in [5.74, 6) is 5.65. The maximum absolute atomic E-state index is 5.40. The summed E-state index contributed by atoms with van der Waals surface area (Å²) in [6.07, 6.45) is 1.74. The van der Waals surface area contributed by atoms with Crippen LogP contribution in [0.15, 0.2) is 27.9 Å². The Kier molecular flexibility index (Phi) is 4.04. The van der Waals surface area contributed by atoms with Crippen LogP contribution in [0.4, 0.5) is 0 Å². The Labute approximate surface area is 88.9 Å². The van der Waals surface area contributed by atoms with E-state index in [0.717, 1.165) is 10.2 Å². The molecule has 0 saturated heterocycles. The summed E-state index contributed by atoms with van der Waals surface area (Å²) in [4.78, 5) is 4.17. The third-order valence-corrected chi connectivity index (χ3v) is 2.59. The van der Waals surface area contributed by atoms with Gasteiger partial charge in [0.25, 0.3) is 0 Å². The molecular formula is C7H9BrN4S. The molecule has 0 spiro atoms. The average Bonchev–Trinajstić information content (AvgIpc) is 2.16. The molecule has 1 aromatic heterocycles. The lowest BCUT2D eigenvalue weighted by Crippen LogP contribution is -2.09. The first-order chi connectivity index (χ1) is 6.22. The van der Waals surface area contributed by atoms with Crippen molar-refractivity contribution in [3.8, 4) is 0 Å². The van der Waals surface area contributed by atoms with Gasteiger partial charge in [-0.2, -0.15) is 5.10 Å². The first-order valence-corrected chi connectivity index (χ1v) is 5.27. The molecule has 0 bridgehead atoms. The maximum Gasteiger partial charge on any atom is 0.177 e. The zero-order valence-corrected chi connectivity index (χ0v) is 9.18. The number of aromatic nitrogens is 1. The van der Waals surface area contributed by atoms with E-state index in [0.29, 0.717) is 10.9 Å². The van der Waals surface area contributed by atoms with Crippen molar-refractivity contribution in [2.45, 2.75) is 5.75 Å². The SMILES string of the molecule is N/N=C(/N)SCc1ccc(Br)cn1. The molecule has 4 N–H and O–H groups in total. The predicted molar refractivity (Wildman–Crippen MR) is 59.0 cm³/mol. The summed E-state index contributed by atoms with van der Waals surface area (Å²) in [6, 6.07) is 3.85. The monoisotopic (exact) mass is 260 g/mol. The summed E-state index contributed by atoms with van der Waals surface area (Å²) < 4.78 is 0.960. The number of pyridine rings is 1. The Bertz CT molecular complexity index is 298. The molecule has 0 radical (unpaired) electrons. The second kappa shape index (κ2) is 5.08. The smallest absolute Gasteiger partial charge is 0.177 e. The molecule has 70 valence electrons. The number of halogens is 1. The molecule has 1 heterocycles. The summed E-state index contributed by atoms with van der Waals surface area (Å²) in [7, 11) is 0. The van der Waals surface area contributed by atoms with Crippen LogP contribution in [-0.4, -0.2) is 10.2 Å². The minimum atomic E-state index is 0.365. The first kappa shape index (κ1) is 10.3. The molecule has 4 nitrogen and oxygen atoms in total. The lowest BCUT2D eigenvalue weighted by atomic mass is 10.4. The van der Waals surface area contributed by atoms with Crippen molar-refractivity contribution in [1.82, 2.24) is 4.98 Å². The van der Waals surface area contributed by atoms with Gasteiger partial charge in [-0.3, -0.25) is 4.98 Å². The van der Waals surface area contributed by atoms with Crippen LogP contribution in [0.25, 0.3) is 0 Å². The molecule has 0 saturated carbocycles. The molecule has 0 fully saturated rings. The largest absolute Gasteiger partial charge is 0.377 e. The summed E-state index contributed by atoms with van der Waals surface area (Å²) in [5.41, 5.74) is 6.35. The van der Waals surface area contributed by atoms with E-state index < -0.39 is 0 Å². The zero-order chi connectivity index (χ0) is 9.68. The van der Waals surface area contributed by atoms with Gasteiger partial charge in [0.1, 0.15) is 0 Å². The van der Waals surface area contributed by atoms with Gasteiger partial charge in [-0.1, -0.05) is 11.8 Å². The summed E-state index contributed by atoms with van der Waals surface area (Å²) >= 11 is 4.66. The minimum absolute atomic E-state index is 0.365. The van der Waals surface area contributed by atoms with Crippen molar-refractivity contribution in [3.05, 3.63) is 28.5 Å². The predicted octanol–water partition coefficient (Wildman–Crippen LogP) is 1.27. The summed E-state index contributed by atoms with van der Waals surface area (Å²) in [5, 5.41) is 3.71. The van der Waals surface area contributed by atoms with E-state index in [4.69, 9.17) is 11.6 Å².